The van der Waals surface area contributed by atoms with E-state index in [1.807, 2.05) is 31.2 Å². The molecule has 0 amide bonds. The summed E-state index contributed by atoms with van der Waals surface area (Å²) in [7, 11) is 1.57. The molecule has 0 spiro atoms. The predicted octanol–water partition coefficient (Wildman–Crippen LogP) is 6.12. The highest BCUT2D eigenvalue weighted by atomic mass is 16.6. The molecule has 1 atom stereocenters. The molecular weight excluding hydrogens is 414 g/mol. The molecule has 3 aromatic carbocycles. The molecule has 33 heavy (non-hydrogen) atoms. The fourth-order valence-electron chi connectivity index (χ4n) is 5.01. The van der Waals surface area contributed by atoms with Gasteiger partial charge < -0.3 is 14.8 Å². The minimum absolute atomic E-state index is 0.185. The number of fused-ring (bicyclic) bond motifs is 3. The zero-order valence-electron chi connectivity index (χ0n) is 18.9. The third-order valence-corrected chi connectivity index (χ3v) is 6.49. The Balaban J connectivity index is 1.69. The number of hydrogen-bond donors (Lipinski definition) is 1. The van der Waals surface area contributed by atoms with Gasteiger partial charge in [-0.1, -0.05) is 43.3 Å². The maximum Gasteiger partial charge on any atom is 0.311 e. The van der Waals surface area contributed by atoms with Crippen molar-refractivity contribution in [3.63, 3.8) is 0 Å². The van der Waals surface area contributed by atoms with Gasteiger partial charge in [0, 0.05) is 35.7 Å². The maximum atomic E-state index is 13.2. The van der Waals surface area contributed by atoms with E-state index >= 15 is 0 Å². The van der Waals surface area contributed by atoms with Gasteiger partial charge in [0.05, 0.1) is 7.11 Å². The van der Waals surface area contributed by atoms with Crippen LogP contribution in [0.15, 0.2) is 65.9 Å². The molecule has 5 nitrogen and oxygen atoms in total. The van der Waals surface area contributed by atoms with Gasteiger partial charge in [0.2, 0.25) is 0 Å². The number of esters is 1. The number of Topliss-reactive ketones (excluding diaryl/α,β-unsaturated/α-hetero) is 1. The topological polar surface area (TPSA) is 64.6 Å². The van der Waals surface area contributed by atoms with Gasteiger partial charge in [0.15, 0.2) is 17.3 Å². The van der Waals surface area contributed by atoms with E-state index in [0.717, 1.165) is 58.1 Å². The minimum atomic E-state index is -0.283. The number of anilines is 1. The molecule has 5 rings (SSSR count). The SMILES string of the molecule is CCCC(=O)Oc1ccc([C@@H]2C3=C(CCCC3=O)Nc3ccc4ccccc4c32)cc1OC. The van der Waals surface area contributed by atoms with Gasteiger partial charge in [-0.3, -0.25) is 9.59 Å². The summed E-state index contributed by atoms with van der Waals surface area (Å²) >= 11 is 0. The van der Waals surface area contributed by atoms with Crippen molar-refractivity contribution >= 4 is 28.2 Å². The summed E-state index contributed by atoms with van der Waals surface area (Å²) in [5, 5.41) is 5.81. The normalized spacial score (nSPS) is 17.3. The van der Waals surface area contributed by atoms with Crippen molar-refractivity contribution in [2.24, 2.45) is 0 Å². The van der Waals surface area contributed by atoms with E-state index in [1.54, 1.807) is 13.2 Å². The van der Waals surface area contributed by atoms with Crippen molar-refractivity contribution in [1.29, 1.82) is 0 Å². The van der Waals surface area contributed by atoms with E-state index in [0.29, 0.717) is 24.3 Å². The molecule has 0 radical (unpaired) electrons. The number of ether oxygens (including phenoxy) is 2. The molecular formula is C28H27NO4. The monoisotopic (exact) mass is 441 g/mol. The Hall–Kier alpha value is -3.60. The first-order valence-corrected chi connectivity index (χ1v) is 11.5. The number of methoxy groups -OCH3 is 1. The third kappa shape index (κ3) is 3.78. The Bertz CT molecular complexity index is 1290. The molecule has 1 aliphatic carbocycles. The van der Waals surface area contributed by atoms with Crippen LogP contribution < -0.4 is 14.8 Å². The number of carbonyl (C=O) groups excluding carboxylic acids is 2. The summed E-state index contributed by atoms with van der Waals surface area (Å²) in [5.41, 5.74) is 4.92. The van der Waals surface area contributed by atoms with E-state index < -0.39 is 0 Å². The van der Waals surface area contributed by atoms with Crippen LogP contribution in [0.2, 0.25) is 0 Å². The second kappa shape index (κ2) is 8.74. The lowest BCUT2D eigenvalue weighted by Crippen LogP contribution is -2.27. The van der Waals surface area contributed by atoms with Crippen LogP contribution in [0, 0.1) is 0 Å². The lowest BCUT2D eigenvalue weighted by Gasteiger charge is -2.35. The van der Waals surface area contributed by atoms with Crippen LogP contribution in [0.3, 0.4) is 0 Å². The van der Waals surface area contributed by atoms with E-state index in [-0.39, 0.29) is 17.7 Å². The lowest BCUT2D eigenvalue weighted by atomic mass is 9.74. The summed E-state index contributed by atoms with van der Waals surface area (Å²) < 4.78 is 11.1. The molecule has 5 heteroatoms. The van der Waals surface area contributed by atoms with Crippen molar-refractivity contribution < 1.29 is 19.1 Å². The summed E-state index contributed by atoms with van der Waals surface area (Å²) in [5.74, 6) is 0.571. The molecule has 3 aromatic rings. The van der Waals surface area contributed by atoms with Crippen molar-refractivity contribution in [2.45, 2.75) is 44.9 Å². The number of carbonyl (C=O) groups is 2. The highest BCUT2D eigenvalue weighted by Gasteiger charge is 2.36. The third-order valence-electron chi connectivity index (χ3n) is 6.49. The summed E-state index contributed by atoms with van der Waals surface area (Å²) in [4.78, 5) is 25.3. The highest BCUT2D eigenvalue weighted by molar-refractivity contribution is 6.04. The first-order valence-electron chi connectivity index (χ1n) is 11.5. The Morgan fingerprint density at radius 3 is 2.73 bits per heavy atom. The molecule has 0 fully saturated rings. The number of allylic oxidation sites excluding steroid dienone is 2. The van der Waals surface area contributed by atoms with Crippen LogP contribution in [-0.4, -0.2) is 18.9 Å². The second-order valence-electron chi connectivity index (χ2n) is 8.61. The molecule has 0 saturated carbocycles. The molecule has 1 aliphatic heterocycles. The molecule has 0 bridgehead atoms. The number of rotatable bonds is 5. The first kappa shape index (κ1) is 21.3. The molecule has 168 valence electrons. The molecule has 2 aliphatic rings. The predicted molar refractivity (Wildman–Crippen MR) is 129 cm³/mol. The van der Waals surface area contributed by atoms with E-state index in [1.165, 1.54) is 0 Å². The van der Waals surface area contributed by atoms with E-state index in [4.69, 9.17) is 9.47 Å². The molecule has 0 unspecified atom stereocenters. The van der Waals surface area contributed by atoms with Crippen LogP contribution in [0.4, 0.5) is 5.69 Å². The molecule has 0 aromatic heterocycles. The Labute approximate surface area is 193 Å². The van der Waals surface area contributed by atoms with Gasteiger partial charge >= 0.3 is 5.97 Å². The fraction of sp³-hybridized carbons (Fsp3) is 0.286. The maximum absolute atomic E-state index is 13.2. The van der Waals surface area contributed by atoms with E-state index in [9.17, 15) is 9.59 Å². The van der Waals surface area contributed by atoms with Gasteiger partial charge in [0.1, 0.15) is 0 Å². The summed E-state index contributed by atoms with van der Waals surface area (Å²) in [6, 6.07) is 18.1. The Morgan fingerprint density at radius 1 is 1.06 bits per heavy atom. The molecule has 1 heterocycles. The highest BCUT2D eigenvalue weighted by Crippen LogP contribution is 2.49. The van der Waals surface area contributed by atoms with Crippen LogP contribution in [0.5, 0.6) is 11.5 Å². The summed E-state index contributed by atoms with van der Waals surface area (Å²) in [6.45, 7) is 1.94. The number of nitrogens with one attached hydrogen (secondary N) is 1. The minimum Gasteiger partial charge on any atom is -0.493 e. The standard InChI is InChI=1S/C28H27NO4/c1-3-7-25(31)33-23-15-13-18(16-24(23)32-2)26-27-19-9-5-4-8-17(19)12-14-21(27)29-20-10-6-11-22(30)28(20)26/h4-5,8-9,12-16,26,29H,3,6-7,10-11H2,1-2H3/t26-/m0/s1. The van der Waals surface area contributed by atoms with Gasteiger partial charge in [-0.15, -0.1) is 0 Å². The zero-order chi connectivity index (χ0) is 22.9. The smallest absolute Gasteiger partial charge is 0.311 e. The van der Waals surface area contributed by atoms with Crippen molar-refractivity contribution in [1.82, 2.24) is 0 Å². The second-order valence-corrected chi connectivity index (χ2v) is 8.61. The average molecular weight is 442 g/mol. The number of benzene rings is 3. The molecule has 0 saturated heterocycles. The lowest BCUT2D eigenvalue weighted by molar-refractivity contribution is -0.134. The first-order chi connectivity index (χ1) is 16.1. The van der Waals surface area contributed by atoms with Gasteiger partial charge in [0.25, 0.3) is 0 Å². The average Bonchev–Trinajstić information content (AvgIpc) is 2.83. The summed E-state index contributed by atoms with van der Waals surface area (Å²) in [6.07, 6.45) is 3.34. The number of ketones is 1. The van der Waals surface area contributed by atoms with Gasteiger partial charge in [-0.2, -0.15) is 0 Å². The van der Waals surface area contributed by atoms with Gasteiger partial charge in [-0.05, 0) is 59.4 Å². The van der Waals surface area contributed by atoms with Crippen molar-refractivity contribution in [3.05, 3.63) is 77.0 Å². The fourth-order valence-corrected chi connectivity index (χ4v) is 5.01. The largest absolute Gasteiger partial charge is 0.493 e. The van der Waals surface area contributed by atoms with Crippen molar-refractivity contribution in [3.8, 4) is 11.5 Å². The van der Waals surface area contributed by atoms with Gasteiger partial charge in [-0.25, -0.2) is 0 Å². The van der Waals surface area contributed by atoms with Crippen LogP contribution >= 0.6 is 0 Å². The van der Waals surface area contributed by atoms with Crippen LogP contribution in [0.25, 0.3) is 10.8 Å². The van der Waals surface area contributed by atoms with E-state index in [2.05, 4.69) is 29.6 Å². The van der Waals surface area contributed by atoms with Crippen molar-refractivity contribution in [2.75, 3.05) is 12.4 Å². The Kier molecular flexibility index (Phi) is 5.63. The molecule has 1 N–H and O–H groups in total. The Morgan fingerprint density at radius 2 is 1.91 bits per heavy atom. The zero-order valence-corrected chi connectivity index (χ0v) is 18.9. The van der Waals surface area contributed by atoms with Crippen LogP contribution in [0.1, 0.15) is 56.1 Å². The van der Waals surface area contributed by atoms with Crippen LogP contribution in [-0.2, 0) is 9.59 Å². The quantitative estimate of drug-likeness (QED) is 0.382. The number of hydrogen-bond acceptors (Lipinski definition) is 5.